The van der Waals surface area contributed by atoms with Crippen molar-refractivity contribution in [3.05, 3.63) is 32.5 Å². The number of hydrogen-bond donors (Lipinski definition) is 2. The Morgan fingerprint density at radius 3 is 2.21 bits per heavy atom. The van der Waals surface area contributed by atoms with Crippen LogP contribution in [0, 0.1) is 0 Å². The van der Waals surface area contributed by atoms with Crippen molar-refractivity contribution in [3.63, 3.8) is 0 Å². The third-order valence-corrected chi connectivity index (χ3v) is 3.73. The van der Waals surface area contributed by atoms with Gasteiger partial charge in [0.1, 0.15) is 0 Å². The third kappa shape index (κ3) is 6.16. The quantitative estimate of drug-likeness (QED) is 0.693. The van der Waals surface area contributed by atoms with Crippen molar-refractivity contribution in [1.82, 2.24) is 18.7 Å². The van der Waals surface area contributed by atoms with Crippen LogP contribution in [-0.2, 0) is 31.4 Å². The lowest BCUT2D eigenvalue weighted by Crippen LogP contribution is -2.40. The Labute approximate surface area is 167 Å². The summed E-state index contributed by atoms with van der Waals surface area (Å²) in [6.45, 7) is 8.75. The largest absolute Gasteiger partial charge is 0.354 e. The van der Waals surface area contributed by atoms with Crippen LogP contribution in [0.1, 0.15) is 27.7 Å². The lowest BCUT2D eigenvalue weighted by molar-refractivity contribution is 0.546. The van der Waals surface area contributed by atoms with Gasteiger partial charge in [0.15, 0.2) is 11.2 Å². The fourth-order valence-corrected chi connectivity index (χ4v) is 2.34. The molecule has 0 radical (unpaired) electrons. The zero-order valence-electron chi connectivity index (χ0n) is 18.0. The van der Waals surface area contributed by atoms with E-state index in [9.17, 15) is 13.8 Å². The Hall–Kier alpha value is -2.20. The van der Waals surface area contributed by atoms with Crippen LogP contribution in [0.3, 0.4) is 0 Å². The van der Waals surface area contributed by atoms with Gasteiger partial charge in [0.05, 0.1) is 0 Å². The molecule has 28 heavy (non-hydrogen) atoms. The molecule has 2 aromatic rings. The highest BCUT2D eigenvalue weighted by Crippen LogP contribution is 2.16. The van der Waals surface area contributed by atoms with Gasteiger partial charge in [-0.25, -0.2) is 4.79 Å². The van der Waals surface area contributed by atoms with Gasteiger partial charge in [0.2, 0.25) is 5.95 Å². The molecule has 0 amide bonds. The minimum atomic E-state index is -0.611. The molecule has 3 N–H and O–H groups in total. The van der Waals surface area contributed by atoms with Crippen LogP contribution >= 0.6 is 0 Å². The summed E-state index contributed by atoms with van der Waals surface area (Å²) in [5, 5.41) is 3.19. The van der Waals surface area contributed by atoms with Crippen molar-refractivity contribution in [3.8, 4) is 0 Å². The highest BCUT2D eigenvalue weighted by atomic mass is 32.2. The molecule has 0 atom stereocenters. The van der Waals surface area contributed by atoms with Crippen molar-refractivity contribution in [1.29, 1.82) is 0 Å². The average Bonchev–Trinajstić information content (AvgIpc) is 2.92. The van der Waals surface area contributed by atoms with Gasteiger partial charge in [0.25, 0.3) is 5.56 Å². The van der Waals surface area contributed by atoms with Crippen LogP contribution in [-0.4, -0.2) is 47.5 Å². The van der Waals surface area contributed by atoms with E-state index in [0.29, 0.717) is 30.2 Å². The lowest BCUT2D eigenvalue weighted by atomic mass is 10.1. The SMILES string of the molecule is CC(C)=CCn1c(NCC(C)(C)N)nc2c1c(=O)n(C)c(=O)n2C.CS(C)=O. The lowest BCUT2D eigenvalue weighted by Gasteiger charge is -2.19. The van der Waals surface area contributed by atoms with Gasteiger partial charge >= 0.3 is 5.69 Å². The molecule has 0 aliphatic rings. The van der Waals surface area contributed by atoms with E-state index in [0.717, 1.165) is 10.1 Å². The number of allylic oxidation sites excluding steroid dienone is 2. The fraction of sp³-hybridized carbons (Fsp3) is 0.611. The number of rotatable bonds is 5. The van der Waals surface area contributed by atoms with E-state index in [4.69, 9.17) is 5.73 Å². The van der Waals surface area contributed by atoms with Gasteiger partial charge in [0, 0.05) is 56.0 Å². The Balaban J connectivity index is 0.000000892. The molecule has 0 unspecified atom stereocenters. The monoisotopic (exact) mass is 412 g/mol. The Kier molecular flexibility index (Phi) is 7.94. The Bertz CT molecular complexity index is 999. The summed E-state index contributed by atoms with van der Waals surface area (Å²) in [6, 6.07) is 0. The highest BCUT2D eigenvalue weighted by molar-refractivity contribution is 7.83. The molecule has 10 heteroatoms. The van der Waals surface area contributed by atoms with Crippen LogP contribution in [0.5, 0.6) is 0 Å². The standard InChI is InChI=1S/C16H26N6O2.C2H6OS/c1-10(2)7-8-22-11-12(19-14(22)18-9-16(3,4)17)20(5)15(24)21(6)13(11)23;1-4(2)3/h7H,8-9,17H2,1-6H3,(H,18,19);1-2H3. The van der Waals surface area contributed by atoms with E-state index in [1.165, 1.54) is 11.6 Å². The predicted molar refractivity (Wildman–Crippen MR) is 116 cm³/mol. The van der Waals surface area contributed by atoms with Gasteiger partial charge in [-0.15, -0.1) is 0 Å². The van der Waals surface area contributed by atoms with Gasteiger partial charge in [-0.1, -0.05) is 11.6 Å². The number of imidazole rings is 1. The highest BCUT2D eigenvalue weighted by Gasteiger charge is 2.20. The van der Waals surface area contributed by atoms with Crippen LogP contribution in [0.2, 0.25) is 0 Å². The second-order valence-electron chi connectivity index (χ2n) is 7.79. The van der Waals surface area contributed by atoms with Gasteiger partial charge < -0.3 is 15.6 Å². The Morgan fingerprint density at radius 1 is 1.21 bits per heavy atom. The summed E-state index contributed by atoms with van der Waals surface area (Å²) in [5.74, 6) is 0.527. The zero-order valence-corrected chi connectivity index (χ0v) is 18.8. The predicted octanol–water partition coefficient (Wildman–Crippen LogP) is 0.544. The summed E-state index contributed by atoms with van der Waals surface area (Å²) in [4.78, 5) is 29.2. The normalized spacial score (nSPS) is 11.4. The van der Waals surface area contributed by atoms with Crippen molar-refractivity contribution >= 4 is 27.9 Å². The van der Waals surface area contributed by atoms with Crippen LogP contribution in [0.25, 0.3) is 11.2 Å². The van der Waals surface area contributed by atoms with Crippen LogP contribution < -0.4 is 22.3 Å². The number of fused-ring (bicyclic) bond motifs is 1. The fourth-order valence-electron chi connectivity index (χ4n) is 2.34. The van der Waals surface area contributed by atoms with E-state index in [1.807, 2.05) is 33.8 Å². The first kappa shape index (κ1) is 23.8. The number of nitrogens with one attached hydrogen (secondary N) is 1. The molecule has 0 spiro atoms. The summed E-state index contributed by atoms with van der Waals surface area (Å²) in [6.07, 6.45) is 5.28. The average molecular weight is 413 g/mol. The van der Waals surface area contributed by atoms with Crippen molar-refractivity contribution < 1.29 is 4.21 Å². The van der Waals surface area contributed by atoms with Crippen molar-refractivity contribution in [2.24, 2.45) is 19.8 Å². The third-order valence-electron chi connectivity index (χ3n) is 3.73. The molecule has 0 saturated carbocycles. The molecule has 0 aliphatic heterocycles. The van der Waals surface area contributed by atoms with Crippen molar-refractivity contribution in [2.45, 2.75) is 39.8 Å². The molecule has 0 fully saturated rings. The van der Waals surface area contributed by atoms with Crippen LogP contribution in [0.4, 0.5) is 5.95 Å². The number of hydrogen-bond acceptors (Lipinski definition) is 6. The molecular formula is C18H32N6O3S. The molecule has 0 saturated heterocycles. The topological polar surface area (TPSA) is 117 Å². The van der Waals surface area contributed by atoms with E-state index < -0.39 is 22.0 Å². The smallest absolute Gasteiger partial charge is 0.332 e. The van der Waals surface area contributed by atoms with Gasteiger partial charge in [-0.05, 0) is 27.7 Å². The number of nitrogens with two attached hydrogens (primary N) is 1. The maximum absolute atomic E-state index is 12.6. The summed E-state index contributed by atoms with van der Waals surface area (Å²) >= 11 is 0. The molecule has 2 rings (SSSR count). The second-order valence-corrected chi connectivity index (χ2v) is 9.27. The zero-order chi connectivity index (χ0) is 21.8. The van der Waals surface area contributed by atoms with Crippen LogP contribution in [0.15, 0.2) is 21.2 Å². The first-order valence-corrected chi connectivity index (χ1v) is 10.8. The second kappa shape index (κ2) is 9.33. The molecule has 9 nitrogen and oxygen atoms in total. The number of nitrogens with zero attached hydrogens (tertiary/aromatic N) is 4. The minimum Gasteiger partial charge on any atom is -0.354 e. The van der Waals surface area contributed by atoms with Gasteiger partial charge in [-0.3, -0.25) is 18.1 Å². The molecular weight excluding hydrogens is 380 g/mol. The number of anilines is 1. The first-order chi connectivity index (χ1) is 12.8. The van der Waals surface area contributed by atoms with E-state index in [-0.39, 0.29) is 5.56 Å². The maximum Gasteiger partial charge on any atom is 0.332 e. The Morgan fingerprint density at radius 2 is 1.75 bits per heavy atom. The maximum atomic E-state index is 12.6. The molecule has 2 aromatic heterocycles. The minimum absolute atomic E-state index is 0.359. The van der Waals surface area contributed by atoms with E-state index in [1.54, 1.807) is 24.1 Å². The molecule has 0 aromatic carbocycles. The number of aryl methyl sites for hydroxylation is 1. The van der Waals surface area contributed by atoms with Crippen molar-refractivity contribution in [2.75, 3.05) is 24.4 Å². The summed E-state index contributed by atoms with van der Waals surface area (Å²) in [5.41, 5.74) is 6.72. The van der Waals surface area contributed by atoms with E-state index >= 15 is 0 Å². The number of aromatic nitrogens is 4. The van der Waals surface area contributed by atoms with E-state index in [2.05, 4.69) is 10.3 Å². The van der Waals surface area contributed by atoms with Gasteiger partial charge in [-0.2, -0.15) is 4.98 Å². The molecule has 0 bridgehead atoms. The molecule has 158 valence electrons. The first-order valence-electron chi connectivity index (χ1n) is 8.83. The molecule has 0 aliphatic carbocycles. The summed E-state index contributed by atoms with van der Waals surface area (Å²) < 4.78 is 13.8. The molecule has 2 heterocycles. The summed E-state index contributed by atoms with van der Waals surface area (Å²) in [7, 11) is 2.47.